The molecule has 1 atom stereocenters. The Kier molecular flexibility index (Phi) is 3.77. The van der Waals surface area contributed by atoms with Gasteiger partial charge in [0.05, 0.1) is 30.4 Å². The predicted molar refractivity (Wildman–Crippen MR) is 96.5 cm³/mol. The van der Waals surface area contributed by atoms with Crippen LogP contribution in [0.2, 0.25) is 0 Å². The molecule has 0 bridgehead atoms. The van der Waals surface area contributed by atoms with Crippen molar-refractivity contribution in [2.24, 2.45) is 5.92 Å². The van der Waals surface area contributed by atoms with E-state index in [9.17, 15) is 14.0 Å². The molecule has 1 saturated heterocycles. The van der Waals surface area contributed by atoms with E-state index in [2.05, 4.69) is 11.2 Å². The third-order valence-corrected chi connectivity index (χ3v) is 5.72. The Morgan fingerprint density at radius 3 is 2.81 bits per heavy atom. The van der Waals surface area contributed by atoms with Crippen LogP contribution in [0.4, 0.5) is 10.1 Å². The third kappa shape index (κ3) is 3.01. The number of carbonyl (C=O) groups excluding carboxylic acids is 2. The van der Waals surface area contributed by atoms with E-state index in [0.29, 0.717) is 37.8 Å². The number of anilines is 1. The van der Waals surface area contributed by atoms with E-state index in [0.717, 1.165) is 11.4 Å². The maximum atomic E-state index is 13.5. The van der Waals surface area contributed by atoms with Crippen molar-refractivity contribution in [1.82, 2.24) is 14.7 Å². The topological polar surface area (TPSA) is 58.4 Å². The molecular weight excluding hydrogens is 347 g/mol. The van der Waals surface area contributed by atoms with Gasteiger partial charge in [-0.3, -0.25) is 14.3 Å². The SMILES string of the molecule is O=C(C1CC(=O)N(c2cccc(F)c2)C1)N1CCn2nc(C3CC3)cc2C1. The predicted octanol–water partition coefficient (Wildman–Crippen LogP) is 2.29. The molecule has 1 saturated carbocycles. The molecule has 140 valence electrons. The molecule has 2 amide bonds. The fraction of sp³-hybridized carbons (Fsp3) is 0.450. The third-order valence-electron chi connectivity index (χ3n) is 5.72. The van der Waals surface area contributed by atoms with Crippen molar-refractivity contribution in [2.45, 2.75) is 38.3 Å². The number of amides is 2. The first kappa shape index (κ1) is 16.5. The van der Waals surface area contributed by atoms with E-state index in [1.807, 2.05) is 9.58 Å². The molecule has 0 radical (unpaired) electrons. The molecule has 3 heterocycles. The number of aromatic nitrogens is 2. The van der Waals surface area contributed by atoms with Gasteiger partial charge in [-0.25, -0.2) is 4.39 Å². The molecule has 1 unspecified atom stereocenters. The first-order chi connectivity index (χ1) is 13.1. The second-order valence-corrected chi connectivity index (χ2v) is 7.70. The number of fused-ring (bicyclic) bond motifs is 1. The van der Waals surface area contributed by atoms with Crippen LogP contribution in [-0.2, 0) is 22.7 Å². The number of halogens is 1. The van der Waals surface area contributed by atoms with Crippen LogP contribution in [-0.4, -0.2) is 39.6 Å². The van der Waals surface area contributed by atoms with E-state index < -0.39 is 0 Å². The van der Waals surface area contributed by atoms with Gasteiger partial charge in [-0.2, -0.15) is 5.10 Å². The summed E-state index contributed by atoms with van der Waals surface area (Å²) in [5.74, 6) is -0.289. The van der Waals surface area contributed by atoms with Crippen LogP contribution in [0.25, 0.3) is 0 Å². The number of benzene rings is 1. The molecule has 2 aromatic rings. The van der Waals surface area contributed by atoms with Crippen LogP contribution in [0, 0.1) is 11.7 Å². The van der Waals surface area contributed by atoms with Crippen LogP contribution in [0.15, 0.2) is 30.3 Å². The zero-order valence-electron chi connectivity index (χ0n) is 15.0. The lowest BCUT2D eigenvalue weighted by atomic mass is 10.1. The summed E-state index contributed by atoms with van der Waals surface area (Å²) in [5, 5.41) is 4.66. The lowest BCUT2D eigenvalue weighted by molar-refractivity contribution is -0.137. The molecule has 7 heteroatoms. The number of hydrogen-bond donors (Lipinski definition) is 0. The van der Waals surface area contributed by atoms with E-state index in [-0.39, 0.29) is 30.0 Å². The van der Waals surface area contributed by atoms with E-state index >= 15 is 0 Å². The minimum absolute atomic E-state index is 0.00248. The van der Waals surface area contributed by atoms with Crippen molar-refractivity contribution >= 4 is 17.5 Å². The Labute approximate surface area is 156 Å². The summed E-state index contributed by atoms with van der Waals surface area (Å²) in [4.78, 5) is 28.7. The Hall–Kier alpha value is -2.70. The molecule has 6 nitrogen and oxygen atoms in total. The van der Waals surface area contributed by atoms with Crippen LogP contribution in [0.5, 0.6) is 0 Å². The van der Waals surface area contributed by atoms with E-state index in [1.165, 1.54) is 29.9 Å². The number of rotatable bonds is 3. The smallest absolute Gasteiger partial charge is 0.228 e. The lowest BCUT2D eigenvalue weighted by Gasteiger charge is -2.29. The zero-order valence-corrected chi connectivity index (χ0v) is 15.0. The number of carbonyl (C=O) groups is 2. The summed E-state index contributed by atoms with van der Waals surface area (Å²) < 4.78 is 15.5. The average Bonchev–Trinajstić information content (AvgIpc) is 3.31. The second kappa shape index (κ2) is 6.18. The molecule has 1 aliphatic carbocycles. The van der Waals surface area contributed by atoms with Gasteiger partial charge in [0.25, 0.3) is 0 Å². The highest BCUT2D eigenvalue weighted by atomic mass is 19.1. The van der Waals surface area contributed by atoms with Gasteiger partial charge in [-0.1, -0.05) is 6.07 Å². The summed E-state index contributed by atoms with van der Waals surface area (Å²) in [5.41, 5.74) is 2.73. The Bertz CT molecular complexity index is 920. The highest BCUT2D eigenvalue weighted by Gasteiger charge is 2.38. The summed E-state index contributed by atoms with van der Waals surface area (Å²) in [6, 6.07) is 8.09. The van der Waals surface area contributed by atoms with Crippen LogP contribution >= 0.6 is 0 Å². The quantitative estimate of drug-likeness (QED) is 0.835. The van der Waals surface area contributed by atoms with Gasteiger partial charge in [0.15, 0.2) is 0 Å². The summed E-state index contributed by atoms with van der Waals surface area (Å²) in [6.07, 6.45) is 2.59. The largest absolute Gasteiger partial charge is 0.335 e. The van der Waals surface area contributed by atoms with Gasteiger partial charge in [0.2, 0.25) is 11.8 Å². The molecule has 2 aliphatic heterocycles. The van der Waals surface area contributed by atoms with E-state index in [1.54, 1.807) is 12.1 Å². The Balaban J connectivity index is 1.29. The lowest BCUT2D eigenvalue weighted by Crippen LogP contribution is -2.42. The molecule has 27 heavy (non-hydrogen) atoms. The molecule has 3 aliphatic rings. The van der Waals surface area contributed by atoms with Crippen molar-refractivity contribution in [3.8, 4) is 0 Å². The van der Waals surface area contributed by atoms with Gasteiger partial charge in [-0.05, 0) is 37.1 Å². The fourth-order valence-corrected chi connectivity index (χ4v) is 4.08. The van der Waals surface area contributed by atoms with Gasteiger partial charge < -0.3 is 9.80 Å². The van der Waals surface area contributed by atoms with Crippen molar-refractivity contribution in [3.63, 3.8) is 0 Å². The molecule has 5 rings (SSSR count). The zero-order chi connectivity index (χ0) is 18.5. The molecule has 0 N–H and O–H groups in total. The van der Waals surface area contributed by atoms with Gasteiger partial charge in [0, 0.05) is 31.1 Å². The van der Waals surface area contributed by atoms with Crippen molar-refractivity contribution in [1.29, 1.82) is 0 Å². The molecule has 2 fully saturated rings. The summed E-state index contributed by atoms with van der Waals surface area (Å²) in [7, 11) is 0. The highest BCUT2D eigenvalue weighted by molar-refractivity contribution is 6.00. The fourth-order valence-electron chi connectivity index (χ4n) is 4.08. The monoisotopic (exact) mass is 368 g/mol. The maximum Gasteiger partial charge on any atom is 0.228 e. The number of nitrogens with zero attached hydrogens (tertiary/aromatic N) is 4. The van der Waals surface area contributed by atoms with E-state index in [4.69, 9.17) is 0 Å². The maximum absolute atomic E-state index is 13.5. The van der Waals surface area contributed by atoms with Gasteiger partial charge in [0.1, 0.15) is 5.82 Å². The summed E-state index contributed by atoms with van der Waals surface area (Å²) in [6.45, 7) is 2.16. The Morgan fingerprint density at radius 2 is 2.04 bits per heavy atom. The normalized spacial score (nSPS) is 22.3. The molecule has 0 spiro atoms. The first-order valence-corrected chi connectivity index (χ1v) is 9.50. The molecule has 1 aromatic heterocycles. The second-order valence-electron chi connectivity index (χ2n) is 7.70. The van der Waals surface area contributed by atoms with Crippen LogP contribution < -0.4 is 4.90 Å². The van der Waals surface area contributed by atoms with Crippen LogP contribution in [0.1, 0.15) is 36.6 Å². The van der Waals surface area contributed by atoms with Crippen molar-refractivity contribution < 1.29 is 14.0 Å². The Morgan fingerprint density at radius 1 is 1.19 bits per heavy atom. The minimum Gasteiger partial charge on any atom is -0.335 e. The standard InChI is InChI=1S/C20H21FN4O2/c21-15-2-1-3-16(9-15)24-11-14(8-19(24)26)20(27)23-6-7-25-17(12-23)10-18(22-25)13-4-5-13/h1-3,9-10,13-14H,4-8,11-12H2. The van der Waals surface area contributed by atoms with Crippen molar-refractivity contribution in [2.75, 3.05) is 18.0 Å². The average molecular weight is 368 g/mol. The molecular formula is C20H21FN4O2. The molecule has 1 aromatic carbocycles. The highest BCUT2D eigenvalue weighted by Crippen LogP contribution is 2.40. The van der Waals surface area contributed by atoms with Gasteiger partial charge >= 0.3 is 0 Å². The van der Waals surface area contributed by atoms with Gasteiger partial charge in [-0.15, -0.1) is 0 Å². The number of hydrogen-bond acceptors (Lipinski definition) is 3. The minimum atomic E-state index is -0.383. The summed E-state index contributed by atoms with van der Waals surface area (Å²) >= 11 is 0. The van der Waals surface area contributed by atoms with Crippen molar-refractivity contribution in [3.05, 3.63) is 47.5 Å². The first-order valence-electron chi connectivity index (χ1n) is 9.50. The van der Waals surface area contributed by atoms with Crippen LogP contribution in [0.3, 0.4) is 0 Å².